The van der Waals surface area contributed by atoms with Crippen LogP contribution in [0.3, 0.4) is 0 Å². The summed E-state index contributed by atoms with van der Waals surface area (Å²) in [4.78, 5) is 2.18. The molecule has 0 radical (unpaired) electrons. The molecule has 6 nitrogen and oxygen atoms in total. The third-order valence-corrected chi connectivity index (χ3v) is 5.64. The molecule has 0 aromatic heterocycles. The number of piperidine rings is 1. The molecular weight excluding hydrogens is 276 g/mol. The molecule has 0 bridgehead atoms. The number of likely N-dealkylation sites (tertiary alicyclic amines) is 1. The van der Waals surface area contributed by atoms with Crippen LogP contribution in [0.5, 0.6) is 0 Å². The van der Waals surface area contributed by atoms with Crippen LogP contribution in [0.15, 0.2) is 0 Å². The number of likely N-dealkylation sites (N-methyl/N-ethyl adjacent to an activating group) is 1. The van der Waals surface area contributed by atoms with Gasteiger partial charge in [-0.05, 0) is 52.2 Å². The monoisotopic (exact) mass is 304 g/mol. The third kappa shape index (κ3) is 5.29. The second-order valence-corrected chi connectivity index (χ2v) is 7.94. The Morgan fingerprint density at radius 2 is 2.00 bits per heavy atom. The van der Waals surface area contributed by atoms with Crippen molar-refractivity contribution < 1.29 is 8.42 Å². The fourth-order valence-electron chi connectivity index (χ4n) is 2.58. The lowest BCUT2D eigenvalue weighted by Gasteiger charge is -2.31. The van der Waals surface area contributed by atoms with Gasteiger partial charge in [-0.1, -0.05) is 0 Å². The number of nitrogens with zero attached hydrogens (tertiary/aromatic N) is 2. The van der Waals surface area contributed by atoms with Crippen molar-refractivity contribution in [3.63, 3.8) is 0 Å². The minimum absolute atomic E-state index is 0.0470. The topological polar surface area (TPSA) is 64.7 Å². The standard InChI is InChI=1S/C13H28N4O2S/c1-16-9-3-5-13(11-16)15-20(18,19)17(2)10-4-8-14-12-6-7-12/h12-15H,3-11H2,1-2H3. The van der Waals surface area contributed by atoms with Crippen LogP contribution >= 0.6 is 0 Å². The highest BCUT2D eigenvalue weighted by molar-refractivity contribution is 7.87. The van der Waals surface area contributed by atoms with Gasteiger partial charge in [0.05, 0.1) is 0 Å². The van der Waals surface area contributed by atoms with Crippen molar-refractivity contribution in [1.29, 1.82) is 0 Å². The Kier molecular flexibility index (Phi) is 5.80. The Morgan fingerprint density at radius 3 is 2.65 bits per heavy atom. The molecule has 1 unspecified atom stereocenters. The second kappa shape index (κ2) is 7.17. The van der Waals surface area contributed by atoms with Crippen molar-refractivity contribution >= 4 is 10.2 Å². The maximum Gasteiger partial charge on any atom is 0.279 e. The Bertz CT molecular complexity index is 397. The molecule has 7 heteroatoms. The average Bonchev–Trinajstić information content (AvgIpc) is 3.17. The molecule has 1 saturated heterocycles. The quantitative estimate of drug-likeness (QED) is 0.619. The van der Waals surface area contributed by atoms with Gasteiger partial charge in [-0.3, -0.25) is 0 Å². The van der Waals surface area contributed by atoms with Gasteiger partial charge in [0.2, 0.25) is 0 Å². The van der Waals surface area contributed by atoms with Gasteiger partial charge in [-0.2, -0.15) is 17.4 Å². The lowest BCUT2D eigenvalue weighted by atomic mass is 10.1. The third-order valence-electron chi connectivity index (χ3n) is 4.01. The Labute approximate surface area is 123 Å². The largest absolute Gasteiger partial charge is 0.314 e. The fourth-order valence-corrected chi connectivity index (χ4v) is 3.74. The molecule has 0 spiro atoms. The Balaban J connectivity index is 1.69. The number of rotatable bonds is 8. The van der Waals surface area contributed by atoms with Crippen molar-refractivity contribution in [1.82, 2.24) is 19.2 Å². The fraction of sp³-hybridized carbons (Fsp3) is 1.00. The number of hydrogen-bond donors (Lipinski definition) is 2. The zero-order valence-electron chi connectivity index (χ0n) is 12.6. The predicted molar refractivity (Wildman–Crippen MR) is 80.8 cm³/mol. The highest BCUT2D eigenvalue weighted by atomic mass is 32.2. The van der Waals surface area contributed by atoms with Crippen LogP contribution in [0.1, 0.15) is 32.1 Å². The molecule has 2 rings (SSSR count). The molecule has 1 aliphatic carbocycles. The van der Waals surface area contributed by atoms with Gasteiger partial charge < -0.3 is 10.2 Å². The van der Waals surface area contributed by atoms with E-state index in [9.17, 15) is 8.42 Å². The molecule has 1 aliphatic heterocycles. The summed E-state index contributed by atoms with van der Waals surface area (Å²) in [5.74, 6) is 0. The van der Waals surface area contributed by atoms with Crippen molar-refractivity contribution in [2.45, 2.75) is 44.2 Å². The minimum atomic E-state index is -3.34. The molecular formula is C13H28N4O2S. The van der Waals surface area contributed by atoms with Gasteiger partial charge in [0, 0.05) is 32.2 Å². The van der Waals surface area contributed by atoms with Crippen LogP contribution < -0.4 is 10.0 Å². The summed E-state index contributed by atoms with van der Waals surface area (Å²) in [6.07, 6.45) is 5.38. The first-order valence-electron chi connectivity index (χ1n) is 7.63. The van der Waals surface area contributed by atoms with Gasteiger partial charge in [-0.15, -0.1) is 0 Å². The van der Waals surface area contributed by atoms with E-state index >= 15 is 0 Å². The lowest BCUT2D eigenvalue weighted by molar-refractivity contribution is 0.240. The summed E-state index contributed by atoms with van der Waals surface area (Å²) in [7, 11) is 0.355. The predicted octanol–water partition coefficient (Wildman–Crippen LogP) is -0.0111. The summed E-state index contributed by atoms with van der Waals surface area (Å²) >= 11 is 0. The van der Waals surface area contributed by atoms with Crippen LogP contribution in [0.2, 0.25) is 0 Å². The molecule has 0 aromatic carbocycles. The molecule has 118 valence electrons. The van der Waals surface area contributed by atoms with Gasteiger partial charge in [-0.25, -0.2) is 0 Å². The molecule has 0 aromatic rings. The summed E-state index contributed by atoms with van der Waals surface area (Å²) in [5, 5.41) is 3.40. The van der Waals surface area contributed by atoms with E-state index in [2.05, 4.69) is 14.9 Å². The van der Waals surface area contributed by atoms with E-state index in [-0.39, 0.29) is 6.04 Å². The van der Waals surface area contributed by atoms with Crippen molar-refractivity contribution in [2.75, 3.05) is 40.3 Å². The zero-order chi connectivity index (χ0) is 14.6. The van der Waals surface area contributed by atoms with Crippen molar-refractivity contribution in [3.8, 4) is 0 Å². The second-order valence-electron chi connectivity index (χ2n) is 6.13. The highest BCUT2D eigenvalue weighted by Crippen LogP contribution is 2.18. The van der Waals surface area contributed by atoms with Crippen LogP contribution in [0, 0.1) is 0 Å². The summed E-state index contributed by atoms with van der Waals surface area (Å²) in [5.41, 5.74) is 0. The molecule has 2 N–H and O–H groups in total. The van der Waals surface area contributed by atoms with Gasteiger partial charge in [0.1, 0.15) is 0 Å². The molecule has 1 atom stereocenters. The lowest BCUT2D eigenvalue weighted by Crippen LogP contribution is -2.50. The van der Waals surface area contributed by atoms with Crippen LogP contribution in [0.25, 0.3) is 0 Å². The maximum absolute atomic E-state index is 12.2. The van der Waals surface area contributed by atoms with E-state index in [1.54, 1.807) is 7.05 Å². The Hall–Kier alpha value is -0.210. The van der Waals surface area contributed by atoms with E-state index in [1.165, 1.54) is 17.1 Å². The average molecular weight is 304 g/mol. The zero-order valence-corrected chi connectivity index (χ0v) is 13.5. The number of nitrogens with one attached hydrogen (secondary N) is 2. The highest BCUT2D eigenvalue weighted by Gasteiger charge is 2.25. The van der Waals surface area contributed by atoms with Crippen LogP contribution in [-0.4, -0.2) is 70.0 Å². The van der Waals surface area contributed by atoms with Gasteiger partial charge in [0.15, 0.2) is 0 Å². The molecule has 2 fully saturated rings. The number of hydrogen-bond acceptors (Lipinski definition) is 4. The first-order valence-corrected chi connectivity index (χ1v) is 9.07. The maximum atomic E-state index is 12.2. The van der Waals surface area contributed by atoms with E-state index in [0.717, 1.165) is 38.9 Å². The molecule has 1 heterocycles. The normalized spacial score (nSPS) is 25.2. The van der Waals surface area contributed by atoms with Gasteiger partial charge >= 0.3 is 0 Å². The smallest absolute Gasteiger partial charge is 0.279 e. The Morgan fingerprint density at radius 1 is 1.25 bits per heavy atom. The first kappa shape index (κ1) is 16.2. The van der Waals surface area contributed by atoms with E-state index in [0.29, 0.717) is 12.6 Å². The molecule has 0 amide bonds. The summed E-state index contributed by atoms with van der Waals surface area (Å²) < 4.78 is 28.7. The first-order chi connectivity index (χ1) is 9.47. The van der Waals surface area contributed by atoms with Gasteiger partial charge in [0.25, 0.3) is 10.2 Å². The van der Waals surface area contributed by atoms with E-state index in [4.69, 9.17) is 0 Å². The molecule has 20 heavy (non-hydrogen) atoms. The van der Waals surface area contributed by atoms with Crippen LogP contribution in [0.4, 0.5) is 0 Å². The minimum Gasteiger partial charge on any atom is -0.314 e. The van der Waals surface area contributed by atoms with E-state index < -0.39 is 10.2 Å². The SMILES string of the molecule is CN1CCCC(NS(=O)(=O)N(C)CCCNC2CC2)C1. The summed E-state index contributed by atoms with van der Waals surface area (Å²) in [6, 6.07) is 0.735. The summed E-state index contributed by atoms with van der Waals surface area (Å²) in [6.45, 7) is 3.32. The van der Waals surface area contributed by atoms with Crippen molar-refractivity contribution in [2.24, 2.45) is 0 Å². The van der Waals surface area contributed by atoms with Crippen molar-refractivity contribution in [3.05, 3.63) is 0 Å². The molecule has 1 saturated carbocycles. The molecule has 2 aliphatic rings. The van der Waals surface area contributed by atoms with Crippen LogP contribution in [-0.2, 0) is 10.2 Å². The van der Waals surface area contributed by atoms with E-state index in [1.807, 2.05) is 7.05 Å².